The molecule has 0 aliphatic heterocycles. The van der Waals surface area contributed by atoms with E-state index in [2.05, 4.69) is 10.4 Å². The summed E-state index contributed by atoms with van der Waals surface area (Å²) in [6, 6.07) is -0.477. The van der Waals surface area contributed by atoms with Crippen LogP contribution in [0.5, 0.6) is 0 Å². The Morgan fingerprint density at radius 1 is 1.64 bits per heavy atom. The maximum absolute atomic E-state index is 11.5. The Kier molecular flexibility index (Phi) is 3.24. The maximum atomic E-state index is 11.5. The summed E-state index contributed by atoms with van der Waals surface area (Å²) in [5, 5.41) is 6.63. The van der Waals surface area contributed by atoms with E-state index in [1.54, 1.807) is 24.1 Å². The van der Waals surface area contributed by atoms with Gasteiger partial charge in [0.15, 0.2) is 0 Å². The minimum atomic E-state index is -0.477. The minimum absolute atomic E-state index is 0.131. The monoisotopic (exact) mass is 196 g/mol. The molecule has 0 aliphatic rings. The molecule has 0 unspecified atom stereocenters. The lowest BCUT2D eigenvalue weighted by Gasteiger charge is -2.14. The summed E-state index contributed by atoms with van der Waals surface area (Å²) in [7, 11) is 1.79. The molecule has 1 rings (SSSR count). The fraction of sp³-hybridized carbons (Fsp3) is 0.556. The van der Waals surface area contributed by atoms with E-state index in [-0.39, 0.29) is 11.8 Å². The molecular weight excluding hydrogens is 180 g/mol. The number of hydrogen-bond donors (Lipinski definition) is 2. The second-order valence-corrected chi connectivity index (χ2v) is 3.66. The van der Waals surface area contributed by atoms with Crippen LogP contribution in [0, 0.1) is 5.92 Å². The van der Waals surface area contributed by atoms with E-state index in [4.69, 9.17) is 5.73 Å². The van der Waals surface area contributed by atoms with Gasteiger partial charge in [-0.1, -0.05) is 13.8 Å². The molecule has 3 N–H and O–H groups in total. The summed E-state index contributed by atoms with van der Waals surface area (Å²) in [5.74, 6) is -0.0420. The van der Waals surface area contributed by atoms with Crippen molar-refractivity contribution in [3.63, 3.8) is 0 Å². The van der Waals surface area contributed by atoms with E-state index in [9.17, 15) is 4.79 Å². The number of anilines is 1. The van der Waals surface area contributed by atoms with Gasteiger partial charge in [-0.3, -0.25) is 9.48 Å². The van der Waals surface area contributed by atoms with Crippen molar-refractivity contribution in [1.29, 1.82) is 0 Å². The highest BCUT2D eigenvalue weighted by Gasteiger charge is 2.17. The number of nitrogens with one attached hydrogen (secondary N) is 1. The lowest BCUT2D eigenvalue weighted by atomic mass is 10.1. The highest BCUT2D eigenvalue weighted by atomic mass is 16.2. The van der Waals surface area contributed by atoms with Crippen molar-refractivity contribution in [2.24, 2.45) is 18.7 Å². The third kappa shape index (κ3) is 2.56. The van der Waals surface area contributed by atoms with Crippen LogP contribution in [-0.2, 0) is 11.8 Å². The van der Waals surface area contributed by atoms with E-state index in [1.807, 2.05) is 13.8 Å². The number of carbonyl (C=O) groups is 1. The lowest BCUT2D eigenvalue weighted by molar-refractivity contribution is -0.118. The van der Waals surface area contributed by atoms with Crippen LogP contribution in [0.3, 0.4) is 0 Å². The van der Waals surface area contributed by atoms with Crippen molar-refractivity contribution in [2.75, 3.05) is 5.32 Å². The number of aryl methyl sites for hydroxylation is 1. The molecule has 0 aliphatic carbocycles. The van der Waals surface area contributed by atoms with Gasteiger partial charge in [0.25, 0.3) is 0 Å². The quantitative estimate of drug-likeness (QED) is 0.732. The Morgan fingerprint density at radius 2 is 2.29 bits per heavy atom. The largest absolute Gasteiger partial charge is 0.322 e. The van der Waals surface area contributed by atoms with Crippen molar-refractivity contribution < 1.29 is 4.79 Å². The summed E-state index contributed by atoms with van der Waals surface area (Å²) >= 11 is 0. The van der Waals surface area contributed by atoms with Crippen LogP contribution >= 0.6 is 0 Å². The summed E-state index contributed by atoms with van der Waals surface area (Å²) in [5.41, 5.74) is 6.35. The van der Waals surface area contributed by atoms with Crippen LogP contribution in [-0.4, -0.2) is 21.7 Å². The average molecular weight is 196 g/mol. The molecule has 14 heavy (non-hydrogen) atoms. The molecule has 0 saturated carbocycles. The molecular formula is C9H16N4O. The Balaban J connectivity index is 2.57. The van der Waals surface area contributed by atoms with Crippen molar-refractivity contribution >= 4 is 11.6 Å². The highest BCUT2D eigenvalue weighted by molar-refractivity contribution is 5.94. The second-order valence-electron chi connectivity index (χ2n) is 3.66. The Bertz CT molecular complexity index is 318. The van der Waals surface area contributed by atoms with Crippen LogP contribution in [0.4, 0.5) is 5.69 Å². The molecule has 1 amide bonds. The predicted octanol–water partition coefficient (Wildman–Crippen LogP) is 0.342. The standard InChI is InChI=1S/C9H16N4O/c1-6(2)8(10)9(14)12-7-4-11-13(3)5-7/h4-6,8H,10H2,1-3H3,(H,12,14)/t8-/m0/s1. The average Bonchev–Trinajstić information content (AvgIpc) is 2.49. The fourth-order valence-electron chi connectivity index (χ4n) is 1.01. The Morgan fingerprint density at radius 3 is 2.71 bits per heavy atom. The van der Waals surface area contributed by atoms with Crippen LogP contribution in [0.25, 0.3) is 0 Å². The van der Waals surface area contributed by atoms with E-state index in [0.717, 1.165) is 0 Å². The SMILES string of the molecule is CC(C)[C@H](N)C(=O)Nc1cnn(C)c1. The third-order valence-corrected chi connectivity index (χ3v) is 1.99. The van der Waals surface area contributed by atoms with Crippen molar-refractivity contribution in [2.45, 2.75) is 19.9 Å². The van der Waals surface area contributed by atoms with Crippen molar-refractivity contribution in [1.82, 2.24) is 9.78 Å². The zero-order valence-corrected chi connectivity index (χ0v) is 8.69. The molecule has 1 aromatic heterocycles. The molecule has 0 spiro atoms. The first-order valence-corrected chi connectivity index (χ1v) is 4.56. The van der Waals surface area contributed by atoms with Crippen molar-refractivity contribution in [3.05, 3.63) is 12.4 Å². The molecule has 78 valence electrons. The molecule has 5 nitrogen and oxygen atoms in total. The highest BCUT2D eigenvalue weighted by Crippen LogP contribution is 2.06. The van der Waals surface area contributed by atoms with E-state index in [0.29, 0.717) is 5.69 Å². The Hall–Kier alpha value is -1.36. The molecule has 0 bridgehead atoms. The molecule has 1 heterocycles. The normalized spacial score (nSPS) is 12.9. The molecule has 1 atom stereocenters. The van der Waals surface area contributed by atoms with Gasteiger partial charge in [-0.15, -0.1) is 0 Å². The fourth-order valence-corrected chi connectivity index (χ4v) is 1.01. The number of rotatable bonds is 3. The third-order valence-electron chi connectivity index (χ3n) is 1.99. The molecule has 0 aromatic carbocycles. The molecule has 5 heteroatoms. The van der Waals surface area contributed by atoms with Crippen LogP contribution in [0.15, 0.2) is 12.4 Å². The molecule has 0 radical (unpaired) electrons. The van der Waals surface area contributed by atoms with Gasteiger partial charge in [0.2, 0.25) is 5.91 Å². The maximum Gasteiger partial charge on any atom is 0.241 e. The summed E-state index contributed by atoms with van der Waals surface area (Å²) in [6.45, 7) is 3.82. The number of aromatic nitrogens is 2. The van der Waals surface area contributed by atoms with Crippen LogP contribution in [0.2, 0.25) is 0 Å². The number of nitrogens with two attached hydrogens (primary N) is 1. The van der Waals surface area contributed by atoms with Gasteiger partial charge < -0.3 is 11.1 Å². The molecule has 1 aromatic rings. The summed E-state index contributed by atoms with van der Waals surface area (Å²) in [4.78, 5) is 11.5. The topological polar surface area (TPSA) is 72.9 Å². The van der Waals surface area contributed by atoms with Gasteiger partial charge in [0.1, 0.15) is 0 Å². The molecule has 0 fully saturated rings. The second kappa shape index (κ2) is 4.23. The number of amides is 1. The van der Waals surface area contributed by atoms with Gasteiger partial charge in [-0.2, -0.15) is 5.10 Å². The lowest BCUT2D eigenvalue weighted by Crippen LogP contribution is -2.39. The van der Waals surface area contributed by atoms with Crippen molar-refractivity contribution in [3.8, 4) is 0 Å². The summed E-state index contributed by atoms with van der Waals surface area (Å²) < 4.78 is 1.62. The number of nitrogens with zero attached hydrogens (tertiary/aromatic N) is 2. The zero-order valence-electron chi connectivity index (χ0n) is 8.69. The summed E-state index contributed by atoms with van der Waals surface area (Å²) in [6.07, 6.45) is 3.32. The number of carbonyl (C=O) groups excluding carboxylic acids is 1. The minimum Gasteiger partial charge on any atom is -0.322 e. The van der Waals surface area contributed by atoms with E-state index < -0.39 is 6.04 Å². The first-order chi connectivity index (χ1) is 6.50. The van der Waals surface area contributed by atoms with Gasteiger partial charge in [-0.25, -0.2) is 0 Å². The van der Waals surface area contributed by atoms with Gasteiger partial charge >= 0.3 is 0 Å². The zero-order chi connectivity index (χ0) is 10.7. The molecule has 0 saturated heterocycles. The van der Waals surface area contributed by atoms with E-state index in [1.165, 1.54) is 0 Å². The van der Waals surface area contributed by atoms with Gasteiger partial charge in [-0.05, 0) is 5.92 Å². The number of hydrogen-bond acceptors (Lipinski definition) is 3. The first kappa shape index (κ1) is 10.7. The predicted molar refractivity (Wildman–Crippen MR) is 54.7 cm³/mol. The van der Waals surface area contributed by atoms with Crippen LogP contribution < -0.4 is 11.1 Å². The van der Waals surface area contributed by atoms with Crippen LogP contribution in [0.1, 0.15) is 13.8 Å². The van der Waals surface area contributed by atoms with E-state index >= 15 is 0 Å². The first-order valence-electron chi connectivity index (χ1n) is 4.56. The Labute approximate surface area is 83.3 Å². The van der Waals surface area contributed by atoms with Gasteiger partial charge in [0, 0.05) is 13.2 Å². The van der Waals surface area contributed by atoms with Gasteiger partial charge in [0.05, 0.1) is 17.9 Å². The smallest absolute Gasteiger partial charge is 0.241 e.